The minimum atomic E-state index is 0. The number of carbonyl (C=O) groups is 1. The van der Waals surface area contributed by atoms with E-state index in [0.717, 1.165) is 25.9 Å². The maximum Gasteiger partial charge on any atom is 0.263 e. The largest absolute Gasteiger partial charge is 0.459 e. The van der Waals surface area contributed by atoms with Crippen molar-refractivity contribution >= 4 is 30.7 Å². The maximum absolute atomic E-state index is 12.5. The molecule has 1 fully saturated rings. The van der Waals surface area contributed by atoms with Gasteiger partial charge >= 0.3 is 0 Å². The fraction of sp³-hybridized carbons (Fsp3) is 0.500. The number of nitrogens with zero attached hydrogens (tertiary/aromatic N) is 2. The van der Waals surface area contributed by atoms with Crippen LogP contribution in [0, 0.1) is 6.92 Å². The number of halogens is 2. The molecule has 8 heteroatoms. The number of nitrogens with one attached hydrogen (secondary N) is 1. The highest BCUT2D eigenvalue weighted by Crippen LogP contribution is 2.24. The molecule has 134 valence electrons. The van der Waals surface area contributed by atoms with Crippen molar-refractivity contribution in [3.63, 3.8) is 0 Å². The summed E-state index contributed by atoms with van der Waals surface area (Å²) >= 11 is 0. The molecule has 3 rings (SSSR count). The van der Waals surface area contributed by atoms with Gasteiger partial charge in [-0.1, -0.05) is 0 Å². The lowest BCUT2D eigenvalue weighted by Crippen LogP contribution is -2.41. The summed E-state index contributed by atoms with van der Waals surface area (Å²) in [7, 11) is 1.92. The number of oxazole rings is 1. The van der Waals surface area contributed by atoms with Crippen LogP contribution in [0.2, 0.25) is 0 Å². The molecule has 1 saturated heterocycles. The van der Waals surface area contributed by atoms with E-state index in [4.69, 9.17) is 8.83 Å². The summed E-state index contributed by atoms with van der Waals surface area (Å²) in [4.78, 5) is 18.9. The summed E-state index contributed by atoms with van der Waals surface area (Å²) < 4.78 is 10.9. The molecule has 1 atom stereocenters. The first-order valence-electron chi connectivity index (χ1n) is 7.63. The fourth-order valence-corrected chi connectivity index (χ4v) is 2.95. The van der Waals surface area contributed by atoms with Gasteiger partial charge in [-0.15, -0.1) is 24.8 Å². The van der Waals surface area contributed by atoms with Gasteiger partial charge in [0.25, 0.3) is 5.89 Å². The summed E-state index contributed by atoms with van der Waals surface area (Å²) in [5, 5.41) is 3.15. The summed E-state index contributed by atoms with van der Waals surface area (Å²) in [6, 6.07) is 3.86. The van der Waals surface area contributed by atoms with E-state index in [9.17, 15) is 4.79 Å². The first-order chi connectivity index (χ1) is 10.7. The Morgan fingerprint density at radius 1 is 1.46 bits per heavy atom. The van der Waals surface area contributed by atoms with Gasteiger partial charge in [0.1, 0.15) is 5.76 Å². The Hall–Kier alpha value is -1.50. The van der Waals surface area contributed by atoms with Gasteiger partial charge < -0.3 is 19.1 Å². The summed E-state index contributed by atoms with van der Waals surface area (Å²) in [5.41, 5.74) is 0.687. The molecule has 0 bridgehead atoms. The third-order valence-corrected chi connectivity index (χ3v) is 4.08. The van der Waals surface area contributed by atoms with Crippen molar-refractivity contribution in [3.8, 4) is 11.7 Å². The summed E-state index contributed by atoms with van der Waals surface area (Å²) in [5.74, 6) is 1.79. The van der Waals surface area contributed by atoms with Gasteiger partial charge in [0.15, 0.2) is 5.76 Å². The van der Waals surface area contributed by atoms with Crippen molar-refractivity contribution in [2.45, 2.75) is 32.2 Å². The van der Waals surface area contributed by atoms with E-state index in [-0.39, 0.29) is 43.2 Å². The Morgan fingerprint density at radius 3 is 2.92 bits per heavy atom. The summed E-state index contributed by atoms with van der Waals surface area (Å²) in [6.45, 7) is 3.49. The number of aryl methyl sites for hydroxylation is 1. The molecule has 1 aliphatic rings. The molecule has 0 radical (unpaired) electrons. The van der Waals surface area contributed by atoms with Crippen LogP contribution in [0.1, 0.15) is 24.3 Å². The third kappa shape index (κ3) is 4.32. The Morgan fingerprint density at radius 2 is 2.25 bits per heavy atom. The van der Waals surface area contributed by atoms with Gasteiger partial charge in [0.2, 0.25) is 5.91 Å². The van der Waals surface area contributed by atoms with Crippen molar-refractivity contribution in [1.29, 1.82) is 0 Å². The lowest BCUT2D eigenvalue weighted by molar-refractivity contribution is -0.131. The quantitative estimate of drug-likeness (QED) is 0.869. The molecule has 0 aliphatic carbocycles. The number of hydrogen-bond donors (Lipinski definition) is 1. The molecule has 1 aliphatic heterocycles. The Labute approximate surface area is 153 Å². The average molecular weight is 376 g/mol. The first kappa shape index (κ1) is 20.5. The number of aromatic nitrogens is 1. The molecule has 0 aromatic carbocycles. The van der Waals surface area contributed by atoms with Gasteiger partial charge in [-0.3, -0.25) is 4.79 Å². The van der Waals surface area contributed by atoms with Gasteiger partial charge in [0, 0.05) is 19.1 Å². The molecule has 6 nitrogen and oxygen atoms in total. The molecule has 1 N–H and O–H groups in total. The predicted molar refractivity (Wildman–Crippen MR) is 95.8 cm³/mol. The number of furan rings is 1. The highest BCUT2D eigenvalue weighted by atomic mass is 35.5. The normalized spacial score (nSPS) is 16.6. The van der Waals surface area contributed by atoms with Gasteiger partial charge in [-0.05, 0) is 38.9 Å². The Balaban J connectivity index is 0.00000144. The van der Waals surface area contributed by atoms with Crippen LogP contribution < -0.4 is 5.32 Å². The summed E-state index contributed by atoms with van der Waals surface area (Å²) in [6.07, 6.45) is 3.97. The molecule has 2 aromatic rings. The van der Waals surface area contributed by atoms with Crippen LogP contribution >= 0.6 is 24.8 Å². The van der Waals surface area contributed by atoms with E-state index in [1.54, 1.807) is 18.4 Å². The zero-order valence-electron chi connectivity index (χ0n) is 13.8. The zero-order valence-corrected chi connectivity index (χ0v) is 15.4. The standard InChI is InChI=1S/C16H21N3O3.2ClH/c1-11-13(18-16(22-11)14-6-4-8-21-14)9-15(20)19-7-3-5-12(19)10-17-2;;/h4,6,8,12,17H,3,5,7,9-10H2,1-2H3;2*1H. The van der Waals surface area contributed by atoms with Crippen LogP contribution in [0.3, 0.4) is 0 Å². The van der Waals surface area contributed by atoms with Crippen LogP contribution in [0.5, 0.6) is 0 Å². The Bertz CT molecular complexity index is 643. The molecular weight excluding hydrogens is 353 g/mol. The monoisotopic (exact) mass is 375 g/mol. The van der Waals surface area contributed by atoms with E-state index < -0.39 is 0 Å². The number of likely N-dealkylation sites (N-methyl/N-ethyl adjacent to an activating group) is 1. The van der Waals surface area contributed by atoms with Crippen molar-refractivity contribution in [1.82, 2.24) is 15.2 Å². The van der Waals surface area contributed by atoms with Crippen LogP contribution in [-0.2, 0) is 11.2 Å². The Kier molecular flexibility index (Phi) is 7.79. The highest BCUT2D eigenvalue weighted by Gasteiger charge is 2.29. The van der Waals surface area contributed by atoms with Crippen molar-refractivity contribution in [2.24, 2.45) is 0 Å². The number of hydrogen-bond acceptors (Lipinski definition) is 5. The van der Waals surface area contributed by atoms with Crippen molar-refractivity contribution in [3.05, 3.63) is 29.9 Å². The van der Waals surface area contributed by atoms with Crippen LogP contribution in [0.15, 0.2) is 27.2 Å². The SMILES string of the molecule is CNCC1CCCN1C(=O)Cc1nc(-c2ccco2)oc1C.Cl.Cl. The van der Waals surface area contributed by atoms with Crippen molar-refractivity contribution in [2.75, 3.05) is 20.1 Å². The average Bonchev–Trinajstić information content (AvgIpc) is 3.21. The molecule has 0 spiro atoms. The number of amides is 1. The lowest BCUT2D eigenvalue weighted by Gasteiger charge is -2.24. The molecule has 24 heavy (non-hydrogen) atoms. The van der Waals surface area contributed by atoms with Crippen LogP contribution in [0.4, 0.5) is 0 Å². The fourth-order valence-electron chi connectivity index (χ4n) is 2.95. The minimum Gasteiger partial charge on any atom is -0.459 e. The number of carbonyl (C=O) groups excluding carboxylic acids is 1. The number of rotatable bonds is 5. The lowest BCUT2D eigenvalue weighted by atomic mass is 10.2. The van der Waals surface area contributed by atoms with Gasteiger partial charge in [-0.2, -0.15) is 0 Å². The predicted octanol–water partition coefficient (Wildman–Crippen LogP) is 2.84. The zero-order chi connectivity index (χ0) is 15.5. The molecule has 1 amide bonds. The second-order valence-electron chi connectivity index (χ2n) is 5.62. The van der Waals surface area contributed by atoms with Gasteiger partial charge in [0.05, 0.1) is 18.4 Å². The molecule has 2 aromatic heterocycles. The molecular formula is C16H23Cl2N3O3. The molecule has 3 heterocycles. The topological polar surface area (TPSA) is 71.5 Å². The second-order valence-corrected chi connectivity index (χ2v) is 5.62. The molecule has 0 saturated carbocycles. The smallest absolute Gasteiger partial charge is 0.263 e. The van der Waals surface area contributed by atoms with E-state index in [1.165, 1.54) is 0 Å². The highest BCUT2D eigenvalue weighted by molar-refractivity contribution is 5.85. The van der Waals surface area contributed by atoms with E-state index in [1.807, 2.05) is 18.9 Å². The first-order valence-corrected chi connectivity index (χ1v) is 7.63. The number of likely N-dealkylation sites (tertiary alicyclic amines) is 1. The second kappa shape index (κ2) is 9.11. The van der Waals surface area contributed by atoms with E-state index in [0.29, 0.717) is 23.1 Å². The molecule has 1 unspecified atom stereocenters. The van der Waals surface area contributed by atoms with Crippen LogP contribution in [0.25, 0.3) is 11.7 Å². The van der Waals surface area contributed by atoms with Gasteiger partial charge in [-0.25, -0.2) is 4.98 Å². The van der Waals surface area contributed by atoms with Crippen LogP contribution in [-0.4, -0.2) is 42.0 Å². The third-order valence-electron chi connectivity index (χ3n) is 4.08. The maximum atomic E-state index is 12.5. The van der Waals surface area contributed by atoms with E-state index in [2.05, 4.69) is 10.3 Å². The van der Waals surface area contributed by atoms with Crippen molar-refractivity contribution < 1.29 is 13.6 Å². The van der Waals surface area contributed by atoms with E-state index >= 15 is 0 Å². The minimum absolute atomic E-state index is 0.